The lowest BCUT2D eigenvalue weighted by Gasteiger charge is -2.03. The summed E-state index contributed by atoms with van der Waals surface area (Å²) in [7, 11) is 0. The molecule has 20 heavy (non-hydrogen) atoms. The number of rotatable bonds is 4. The number of hydrazone groups is 1. The fraction of sp³-hybridized carbons (Fsp3) is 0.250. The van der Waals surface area contributed by atoms with E-state index in [4.69, 9.17) is 5.73 Å². The Kier molecular flexibility index (Phi) is 4.04. The van der Waals surface area contributed by atoms with Crippen LogP contribution in [0.25, 0.3) is 0 Å². The molecule has 3 N–H and O–H groups in total. The Morgan fingerprint density at radius 3 is 2.70 bits per heavy atom. The quantitative estimate of drug-likeness (QED) is 0.606. The monoisotopic (exact) mass is 273 g/mol. The molecule has 1 amide bonds. The zero-order chi connectivity index (χ0) is 14.5. The first-order valence-corrected chi connectivity index (χ1v) is 5.98. The van der Waals surface area contributed by atoms with Crippen molar-refractivity contribution in [1.29, 1.82) is 0 Å². The van der Waals surface area contributed by atoms with Crippen molar-refractivity contribution >= 4 is 17.6 Å². The van der Waals surface area contributed by atoms with E-state index in [0.717, 1.165) is 5.56 Å². The second-order valence-corrected chi connectivity index (χ2v) is 4.29. The molecule has 0 saturated heterocycles. The molecule has 1 aromatic heterocycles. The van der Waals surface area contributed by atoms with Gasteiger partial charge in [-0.25, -0.2) is 10.1 Å². The third-order valence-electron chi connectivity index (χ3n) is 2.67. The lowest BCUT2D eigenvalue weighted by Crippen LogP contribution is -2.25. The Hall–Kier alpha value is -2.77. The number of nitrogens with zero attached hydrogens (tertiary/aromatic N) is 5. The minimum Gasteiger partial charge on any atom is -0.367 e. The predicted molar refractivity (Wildman–Crippen MR) is 73.8 cm³/mol. The fourth-order valence-electron chi connectivity index (χ4n) is 1.50. The molecule has 104 valence electrons. The maximum Gasteiger partial charge on any atom is 0.262 e. The van der Waals surface area contributed by atoms with Gasteiger partial charge in [-0.05, 0) is 29.8 Å². The first kappa shape index (κ1) is 13.7. The number of tetrazole rings is 1. The molecule has 2 aromatic rings. The van der Waals surface area contributed by atoms with E-state index in [1.165, 1.54) is 10.2 Å². The summed E-state index contributed by atoms with van der Waals surface area (Å²) in [6, 6.07) is 7.86. The number of benzene rings is 1. The molecule has 0 saturated carbocycles. The van der Waals surface area contributed by atoms with Gasteiger partial charge in [-0.1, -0.05) is 34.9 Å². The van der Waals surface area contributed by atoms with Gasteiger partial charge < -0.3 is 5.73 Å². The number of nitrogen functional groups attached to an aromatic ring is 1. The molecule has 8 heteroatoms. The normalized spacial score (nSPS) is 11.4. The van der Waals surface area contributed by atoms with E-state index in [2.05, 4.69) is 26.1 Å². The van der Waals surface area contributed by atoms with Gasteiger partial charge in [-0.3, -0.25) is 4.79 Å². The van der Waals surface area contributed by atoms with Crippen molar-refractivity contribution in [2.45, 2.75) is 20.4 Å². The van der Waals surface area contributed by atoms with E-state index in [-0.39, 0.29) is 18.4 Å². The van der Waals surface area contributed by atoms with E-state index in [1.807, 2.05) is 38.1 Å². The highest BCUT2D eigenvalue weighted by Crippen LogP contribution is 2.04. The molecule has 1 aromatic carbocycles. The highest BCUT2D eigenvalue weighted by Gasteiger charge is 2.07. The van der Waals surface area contributed by atoms with Gasteiger partial charge >= 0.3 is 0 Å². The highest BCUT2D eigenvalue weighted by molar-refractivity contribution is 5.99. The minimum atomic E-state index is -0.351. The molecule has 0 aliphatic carbocycles. The van der Waals surface area contributed by atoms with Crippen molar-refractivity contribution in [3.63, 3.8) is 0 Å². The van der Waals surface area contributed by atoms with E-state index in [0.29, 0.717) is 5.71 Å². The molecular formula is C12H15N7O. The molecule has 0 atom stereocenters. The number of nitrogens with two attached hydrogens (primary N) is 1. The average Bonchev–Trinajstić information content (AvgIpc) is 2.82. The number of carbonyl (C=O) groups excluding carboxylic acids is 1. The smallest absolute Gasteiger partial charge is 0.262 e. The van der Waals surface area contributed by atoms with Gasteiger partial charge in [-0.2, -0.15) is 5.10 Å². The number of carbonyl (C=O) groups is 1. The van der Waals surface area contributed by atoms with Crippen LogP contribution < -0.4 is 11.2 Å². The predicted octanol–water partition coefficient (Wildman–Crippen LogP) is 0.104. The second kappa shape index (κ2) is 5.91. The standard InChI is InChI=1S/C12H15N7O/c1-8-3-5-10(6-4-8)9(2)14-15-11(20)7-19-12(13)16-17-18-19/h3-6H,7H2,1-2H3,(H,15,20)(H2,13,16,18)/b14-9+. The van der Waals surface area contributed by atoms with Gasteiger partial charge in [0.1, 0.15) is 6.54 Å². The van der Waals surface area contributed by atoms with Crippen LogP contribution in [-0.2, 0) is 11.3 Å². The molecule has 0 bridgehead atoms. The van der Waals surface area contributed by atoms with Crippen molar-refractivity contribution in [2.24, 2.45) is 5.10 Å². The zero-order valence-electron chi connectivity index (χ0n) is 11.2. The van der Waals surface area contributed by atoms with E-state index in [1.54, 1.807) is 0 Å². The highest BCUT2D eigenvalue weighted by atomic mass is 16.2. The van der Waals surface area contributed by atoms with E-state index >= 15 is 0 Å². The summed E-state index contributed by atoms with van der Waals surface area (Å²) >= 11 is 0. The number of aromatic nitrogens is 4. The van der Waals surface area contributed by atoms with Crippen molar-refractivity contribution in [3.05, 3.63) is 35.4 Å². The van der Waals surface area contributed by atoms with Gasteiger partial charge in [-0.15, -0.1) is 0 Å². The molecule has 0 aliphatic rings. The van der Waals surface area contributed by atoms with Gasteiger partial charge in [0.15, 0.2) is 0 Å². The van der Waals surface area contributed by atoms with Crippen molar-refractivity contribution in [1.82, 2.24) is 25.6 Å². The zero-order valence-corrected chi connectivity index (χ0v) is 11.2. The Bertz CT molecular complexity index is 630. The van der Waals surface area contributed by atoms with Crippen LogP contribution in [-0.4, -0.2) is 31.8 Å². The first-order valence-electron chi connectivity index (χ1n) is 5.98. The number of amides is 1. The summed E-state index contributed by atoms with van der Waals surface area (Å²) in [5.74, 6) is -0.269. The topological polar surface area (TPSA) is 111 Å². The first-order chi connectivity index (χ1) is 9.56. The molecule has 0 fully saturated rings. The van der Waals surface area contributed by atoms with Crippen LogP contribution in [0.3, 0.4) is 0 Å². The van der Waals surface area contributed by atoms with Crippen molar-refractivity contribution in [3.8, 4) is 0 Å². The SMILES string of the molecule is C/C(=N\NC(=O)Cn1nnnc1N)c1ccc(C)cc1. The van der Waals surface area contributed by atoms with E-state index < -0.39 is 0 Å². The molecule has 2 rings (SSSR count). The molecule has 0 unspecified atom stereocenters. The minimum absolute atomic E-state index is 0.0799. The number of nitrogens with one attached hydrogen (secondary N) is 1. The van der Waals surface area contributed by atoms with Crippen molar-refractivity contribution in [2.75, 3.05) is 5.73 Å². The maximum absolute atomic E-state index is 11.7. The van der Waals surface area contributed by atoms with Crippen LogP contribution in [0, 0.1) is 6.92 Å². The Labute approximate surface area is 115 Å². The fourth-order valence-corrected chi connectivity index (χ4v) is 1.50. The summed E-state index contributed by atoms with van der Waals surface area (Å²) in [5.41, 5.74) is 10.7. The number of aryl methyl sites for hydroxylation is 1. The van der Waals surface area contributed by atoms with Gasteiger partial charge in [0, 0.05) is 0 Å². The third-order valence-corrected chi connectivity index (χ3v) is 2.67. The second-order valence-electron chi connectivity index (χ2n) is 4.29. The summed E-state index contributed by atoms with van der Waals surface area (Å²) in [6.45, 7) is 3.74. The number of hydrogen-bond acceptors (Lipinski definition) is 6. The number of hydrogen-bond donors (Lipinski definition) is 2. The van der Waals surface area contributed by atoms with Crippen LogP contribution in [0.2, 0.25) is 0 Å². The van der Waals surface area contributed by atoms with Crippen molar-refractivity contribution < 1.29 is 4.79 Å². The van der Waals surface area contributed by atoms with Gasteiger partial charge in [0.2, 0.25) is 5.95 Å². The summed E-state index contributed by atoms with van der Waals surface area (Å²) in [5, 5.41) is 14.4. The van der Waals surface area contributed by atoms with Gasteiger partial charge in [0.05, 0.1) is 5.71 Å². The summed E-state index contributed by atoms with van der Waals surface area (Å²) < 4.78 is 1.19. The summed E-state index contributed by atoms with van der Waals surface area (Å²) in [4.78, 5) is 11.7. The number of anilines is 1. The lowest BCUT2D eigenvalue weighted by molar-refractivity contribution is -0.121. The largest absolute Gasteiger partial charge is 0.367 e. The lowest BCUT2D eigenvalue weighted by atomic mass is 10.1. The third kappa shape index (κ3) is 3.37. The average molecular weight is 273 g/mol. The molecule has 0 aliphatic heterocycles. The molecule has 1 heterocycles. The maximum atomic E-state index is 11.7. The van der Waals surface area contributed by atoms with Crippen LogP contribution in [0.5, 0.6) is 0 Å². The molecule has 0 radical (unpaired) electrons. The van der Waals surface area contributed by atoms with Gasteiger partial charge in [0.25, 0.3) is 5.91 Å². The molecule has 0 spiro atoms. The van der Waals surface area contributed by atoms with Crippen LogP contribution in [0.1, 0.15) is 18.1 Å². The Balaban J connectivity index is 1.96. The van der Waals surface area contributed by atoms with E-state index in [9.17, 15) is 4.79 Å². The van der Waals surface area contributed by atoms with Crippen LogP contribution >= 0.6 is 0 Å². The van der Waals surface area contributed by atoms with Crippen LogP contribution in [0.4, 0.5) is 5.95 Å². The Morgan fingerprint density at radius 2 is 2.10 bits per heavy atom. The molecular weight excluding hydrogens is 258 g/mol. The van der Waals surface area contributed by atoms with Crippen LogP contribution in [0.15, 0.2) is 29.4 Å². The molecule has 8 nitrogen and oxygen atoms in total. The summed E-state index contributed by atoms with van der Waals surface area (Å²) in [6.07, 6.45) is 0. The Morgan fingerprint density at radius 1 is 1.40 bits per heavy atom.